The van der Waals surface area contributed by atoms with E-state index in [2.05, 4.69) is 6.92 Å². The summed E-state index contributed by atoms with van der Waals surface area (Å²) >= 11 is -1.80. The Morgan fingerprint density at radius 1 is 1.46 bits per heavy atom. The summed E-state index contributed by atoms with van der Waals surface area (Å²) in [6.45, 7) is 2.13. The first-order valence-electron chi connectivity index (χ1n) is 4.04. The Bertz CT molecular complexity index is 121. The molecule has 0 saturated heterocycles. The SMILES string of the molecule is CCC[CH](/C=C/OC)[Ge]([Cl])[Cl].CO. The summed E-state index contributed by atoms with van der Waals surface area (Å²) in [6.07, 6.45) is 5.83. The Hall–Kier alpha value is 0.623. The third kappa shape index (κ3) is 10.5. The molecule has 0 aliphatic carbocycles. The first kappa shape index (κ1) is 16.1. The van der Waals surface area contributed by atoms with Gasteiger partial charge in [-0.05, 0) is 0 Å². The largest absolute Gasteiger partial charge is 0.400 e. The number of rotatable bonds is 5. The van der Waals surface area contributed by atoms with Crippen molar-refractivity contribution < 1.29 is 9.84 Å². The summed E-state index contributed by atoms with van der Waals surface area (Å²) in [5.41, 5.74) is 0. The van der Waals surface area contributed by atoms with Crippen LogP contribution < -0.4 is 0 Å². The van der Waals surface area contributed by atoms with E-state index in [1.54, 1.807) is 13.4 Å². The maximum atomic E-state index is 7.00. The molecule has 1 radical (unpaired) electrons. The minimum Gasteiger partial charge on any atom is -0.400 e. The van der Waals surface area contributed by atoms with Gasteiger partial charge in [-0.25, -0.2) is 0 Å². The van der Waals surface area contributed by atoms with Crippen molar-refractivity contribution in [1.29, 1.82) is 0 Å². The molecule has 0 aliphatic rings. The van der Waals surface area contributed by atoms with Crippen LogP contribution in [0.25, 0.3) is 0 Å². The number of allylic oxidation sites excluding steroid dienone is 1. The van der Waals surface area contributed by atoms with Gasteiger partial charge in [-0.3, -0.25) is 0 Å². The van der Waals surface area contributed by atoms with Crippen LogP contribution in [0.3, 0.4) is 0 Å². The molecule has 0 heterocycles. The predicted octanol–water partition coefficient (Wildman–Crippen LogP) is 2.89. The Labute approximate surface area is 93.3 Å². The van der Waals surface area contributed by atoms with E-state index in [-0.39, 0.29) is 0 Å². The van der Waals surface area contributed by atoms with Gasteiger partial charge < -0.3 is 5.11 Å². The summed E-state index contributed by atoms with van der Waals surface area (Å²) in [5.74, 6) is 0. The third-order valence-corrected chi connectivity index (χ3v) is 6.43. The molecular weight excluding hydrogens is 272 g/mol. The molecule has 0 aromatic heterocycles. The molecule has 1 atom stereocenters. The fourth-order valence-electron chi connectivity index (χ4n) is 0.762. The average Bonchev–Trinajstić information content (AvgIpc) is 2.15. The summed E-state index contributed by atoms with van der Waals surface area (Å²) in [5, 5.41) is 7.00. The van der Waals surface area contributed by atoms with Gasteiger partial charge in [-0.15, -0.1) is 0 Å². The van der Waals surface area contributed by atoms with Crippen molar-refractivity contribution in [1.82, 2.24) is 0 Å². The van der Waals surface area contributed by atoms with Crippen molar-refractivity contribution in [3.05, 3.63) is 12.3 Å². The van der Waals surface area contributed by atoms with Gasteiger partial charge >= 0.3 is 81.2 Å². The van der Waals surface area contributed by atoms with Crippen LogP contribution in [0.5, 0.6) is 0 Å². The molecule has 0 saturated carbocycles. The maximum absolute atomic E-state index is 7.00. The molecule has 2 nitrogen and oxygen atoms in total. The van der Waals surface area contributed by atoms with Crippen LogP contribution in [0.15, 0.2) is 12.3 Å². The van der Waals surface area contributed by atoms with E-state index >= 15 is 0 Å². The molecular formula is C8H17Cl2GeO2. The van der Waals surface area contributed by atoms with Crippen LogP contribution in [-0.4, -0.2) is 31.8 Å². The van der Waals surface area contributed by atoms with E-state index < -0.39 is 12.5 Å². The second kappa shape index (κ2) is 12.6. The minimum atomic E-state index is -1.80. The molecule has 0 rings (SSSR count). The number of hydrogen-bond donors (Lipinski definition) is 1. The van der Waals surface area contributed by atoms with Crippen LogP contribution >= 0.6 is 20.0 Å². The van der Waals surface area contributed by atoms with Gasteiger partial charge in [0.15, 0.2) is 0 Å². The zero-order chi connectivity index (χ0) is 10.7. The molecule has 5 heteroatoms. The molecule has 0 aliphatic heterocycles. The van der Waals surface area contributed by atoms with Crippen LogP contribution in [0.4, 0.5) is 0 Å². The Morgan fingerprint density at radius 3 is 2.31 bits per heavy atom. The van der Waals surface area contributed by atoms with Crippen molar-refractivity contribution in [3.8, 4) is 0 Å². The molecule has 0 aromatic carbocycles. The van der Waals surface area contributed by atoms with Gasteiger partial charge in [-0.1, -0.05) is 0 Å². The second-order valence-electron chi connectivity index (χ2n) is 2.25. The van der Waals surface area contributed by atoms with E-state index in [4.69, 9.17) is 29.9 Å². The van der Waals surface area contributed by atoms with Crippen LogP contribution in [0, 0.1) is 0 Å². The molecule has 1 N–H and O–H groups in total. The van der Waals surface area contributed by atoms with Gasteiger partial charge in [-0.2, -0.15) is 0 Å². The number of halogens is 2. The Balaban J connectivity index is 0. The van der Waals surface area contributed by atoms with Crippen molar-refractivity contribution in [3.63, 3.8) is 0 Å². The second-order valence-corrected chi connectivity index (χ2v) is 10.3. The monoisotopic (exact) mass is 289 g/mol. The van der Waals surface area contributed by atoms with E-state index in [9.17, 15) is 0 Å². The van der Waals surface area contributed by atoms with E-state index in [0.29, 0.717) is 4.75 Å². The van der Waals surface area contributed by atoms with Crippen LogP contribution in [0.2, 0.25) is 4.75 Å². The van der Waals surface area contributed by atoms with Crippen LogP contribution in [0.1, 0.15) is 19.8 Å². The quantitative estimate of drug-likeness (QED) is 0.623. The van der Waals surface area contributed by atoms with Crippen LogP contribution in [-0.2, 0) is 4.74 Å². The fourth-order valence-corrected chi connectivity index (χ4v) is 4.19. The average molecular weight is 289 g/mol. The van der Waals surface area contributed by atoms with Gasteiger partial charge in [0.1, 0.15) is 0 Å². The van der Waals surface area contributed by atoms with Crippen molar-refractivity contribution in [2.45, 2.75) is 24.5 Å². The van der Waals surface area contributed by atoms with Gasteiger partial charge in [0, 0.05) is 7.11 Å². The fraction of sp³-hybridized carbons (Fsp3) is 0.750. The standard InChI is InChI=1S/C7H13Cl2GeO.CH4O/c1-3-4-7(10(8)9)5-6-11-2;1-2/h5-7H,3-4H2,1-2H3;2H,1H3/b6-5+;. The van der Waals surface area contributed by atoms with Crippen molar-refractivity contribution in [2.75, 3.05) is 14.2 Å². The zero-order valence-electron chi connectivity index (χ0n) is 8.26. The third-order valence-electron chi connectivity index (χ3n) is 1.33. The summed E-state index contributed by atoms with van der Waals surface area (Å²) < 4.78 is 5.18. The molecule has 0 spiro atoms. The normalized spacial score (nSPS) is 12.5. The summed E-state index contributed by atoms with van der Waals surface area (Å²) in [7, 11) is 14.4. The molecule has 13 heavy (non-hydrogen) atoms. The smallest absolute Gasteiger partial charge is 0.0319 e. The Kier molecular flexibility index (Phi) is 15.6. The summed E-state index contributed by atoms with van der Waals surface area (Å²) in [6, 6.07) is 0. The van der Waals surface area contributed by atoms with Crippen molar-refractivity contribution >= 4 is 32.5 Å². The molecule has 0 fully saturated rings. The number of aliphatic hydroxyl groups excluding tert-OH is 1. The number of hydrogen-bond acceptors (Lipinski definition) is 2. The predicted molar refractivity (Wildman–Crippen MR) is 60.4 cm³/mol. The minimum absolute atomic E-state index is 0.378. The molecule has 1 unspecified atom stereocenters. The van der Waals surface area contributed by atoms with Gasteiger partial charge in [0.25, 0.3) is 0 Å². The maximum Gasteiger partial charge on any atom is 0.0319 e. The van der Waals surface area contributed by atoms with Crippen molar-refractivity contribution in [2.24, 2.45) is 0 Å². The Morgan fingerprint density at radius 2 is 2.00 bits per heavy atom. The zero-order valence-corrected chi connectivity index (χ0v) is 11.9. The topological polar surface area (TPSA) is 29.5 Å². The first-order valence-corrected chi connectivity index (χ1v) is 10.8. The van der Waals surface area contributed by atoms with E-state index in [1.807, 2.05) is 6.08 Å². The molecule has 79 valence electrons. The van der Waals surface area contributed by atoms with E-state index in [1.165, 1.54) is 0 Å². The summed E-state index contributed by atoms with van der Waals surface area (Å²) in [4.78, 5) is 0. The first-order chi connectivity index (χ1) is 6.22. The molecule has 0 bridgehead atoms. The molecule has 0 amide bonds. The van der Waals surface area contributed by atoms with E-state index in [0.717, 1.165) is 20.0 Å². The number of methoxy groups -OCH3 is 1. The number of aliphatic hydroxyl groups is 1. The van der Waals surface area contributed by atoms with Gasteiger partial charge in [0.05, 0.1) is 0 Å². The van der Waals surface area contributed by atoms with Gasteiger partial charge in [0.2, 0.25) is 0 Å². The molecule has 0 aromatic rings. The number of ether oxygens (including phenoxy) is 1.